The van der Waals surface area contributed by atoms with Crippen LogP contribution in [0.3, 0.4) is 0 Å². The maximum Gasteiger partial charge on any atom is 0.416 e. The molecule has 0 bridgehead atoms. The molecule has 1 heterocycles. The van der Waals surface area contributed by atoms with Crippen LogP contribution < -0.4 is 10.6 Å². The fraction of sp³-hybridized carbons (Fsp3) is 0.350. The first-order valence-corrected chi connectivity index (χ1v) is 8.73. The average Bonchev–Trinajstić information content (AvgIpc) is 2.64. The molecular formula is C20H20F4N2O. The lowest BCUT2D eigenvalue weighted by Crippen LogP contribution is -2.26. The summed E-state index contributed by atoms with van der Waals surface area (Å²) in [6.07, 6.45) is -3.56. The Morgan fingerprint density at radius 3 is 2.56 bits per heavy atom. The number of fused-ring (bicyclic) bond motifs is 1. The molecule has 1 atom stereocenters. The molecule has 3 rings (SSSR count). The number of carbonyl (C=O) groups is 1. The van der Waals surface area contributed by atoms with E-state index in [2.05, 4.69) is 10.6 Å². The fourth-order valence-electron chi connectivity index (χ4n) is 3.16. The van der Waals surface area contributed by atoms with Crippen molar-refractivity contribution in [2.24, 2.45) is 5.92 Å². The monoisotopic (exact) mass is 380 g/mol. The Balaban J connectivity index is 1.66. The standard InChI is InChI=1S/C20H20F4N2O/c1-12(10-13-2-5-15(6-3-13)20(22,23)24)19(27)26-17-7-4-14-11-25-9-8-16(14)18(17)21/h2-7,12,25H,8-11H2,1H3,(H,26,27). The van der Waals surface area contributed by atoms with E-state index in [-0.39, 0.29) is 18.0 Å². The summed E-state index contributed by atoms with van der Waals surface area (Å²) in [7, 11) is 0. The van der Waals surface area contributed by atoms with Gasteiger partial charge >= 0.3 is 6.18 Å². The predicted octanol–water partition coefficient (Wildman–Crippen LogP) is 4.31. The summed E-state index contributed by atoms with van der Waals surface area (Å²) in [4.78, 5) is 12.4. The summed E-state index contributed by atoms with van der Waals surface area (Å²) in [6.45, 7) is 2.95. The van der Waals surface area contributed by atoms with Crippen molar-refractivity contribution < 1.29 is 22.4 Å². The minimum atomic E-state index is -4.39. The van der Waals surface area contributed by atoms with E-state index in [1.54, 1.807) is 19.1 Å². The molecule has 2 N–H and O–H groups in total. The number of hydrogen-bond acceptors (Lipinski definition) is 2. The Labute approximate surface area is 154 Å². The molecule has 2 aromatic rings. The normalized spacial score (nSPS) is 15.1. The number of alkyl halides is 3. The van der Waals surface area contributed by atoms with Gasteiger partial charge in [0, 0.05) is 12.5 Å². The van der Waals surface area contributed by atoms with Crippen LogP contribution in [-0.4, -0.2) is 12.5 Å². The minimum absolute atomic E-state index is 0.139. The van der Waals surface area contributed by atoms with E-state index >= 15 is 0 Å². The molecule has 3 nitrogen and oxygen atoms in total. The number of halogens is 4. The van der Waals surface area contributed by atoms with Crippen molar-refractivity contribution in [1.82, 2.24) is 5.32 Å². The van der Waals surface area contributed by atoms with Gasteiger partial charge in [0.15, 0.2) is 0 Å². The van der Waals surface area contributed by atoms with Crippen LogP contribution in [0.15, 0.2) is 36.4 Å². The van der Waals surface area contributed by atoms with E-state index in [0.29, 0.717) is 30.6 Å². The number of benzene rings is 2. The Morgan fingerprint density at radius 1 is 1.19 bits per heavy atom. The third kappa shape index (κ3) is 4.47. The Kier molecular flexibility index (Phi) is 5.51. The highest BCUT2D eigenvalue weighted by molar-refractivity contribution is 5.92. The lowest BCUT2D eigenvalue weighted by molar-refractivity contribution is -0.137. The molecule has 0 saturated heterocycles. The van der Waals surface area contributed by atoms with Gasteiger partial charge in [0.1, 0.15) is 5.82 Å². The second kappa shape index (κ2) is 7.68. The van der Waals surface area contributed by atoms with E-state index in [9.17, 15) is 22.4 Å². The largest absolute Gasteiger partial charge is 0.416 e. The molecule has 1 aliphatic heterocycles. The van der Waals surface area contributed by atoms with Crippen LogP contribution in [0, 0.1) is 11.7 Å². The third-order valence-electron chi connectivity index (χ3n) is 4.74. The number of rotatable bonds is 4. The predicted molar refractivity (Wildman–Crippen MR) is 94.8 cm³/mol. The van der Waals surface area contributed by atoms with Crippen LogP contribution in [0.1, 0.15) is 29.2 Å². The molecule has 0 fully saturated rings. The van der Waals surface area contributed by atoms with E-state index < -0.39 is 23.5 Å². The molecule has 1 amide bonds. The molecule has 0 radical (unpaired) electrons. The molecule has 0 aliphatic carbocycles. The first-order valence-electron chi connectivity index (χ1n) is 8.73. The van der Waals surface area contributed by atoms with Crippen LogP contribution >= 0.6 is 0 Å². The van der Waals surface area contributed by atoms with Crippen LogP contribution in [0.5, 0.6) is 0 Å². The van der Waals surface area contributed by atoms with E-state index in [1.165, 1.54) is 12.1 Å². The molecule has 0 aromatic heterocycles. The van der Waals surface area contributed by atoms with Gasteiger partial charge < -0.3 is 10.6 Å². The number of hydrogen-bond donors (Lipinski definition) is 2. The first kappa shape index (κ1) is 19.4. The fourth-order valence-corrected chi connectivity index (χ4v) is 3.16. The molecule has 144 valence electrons. The number of nitrogens with one attached hydrogen (secondary N) is 2. The van der Waals surface area contributed by atoms with Crippen molar-refractivity contribution in [3.8, 4) is 0 Å². The first-order chi connectivity index (χ1) is 12.8. The van der Waals surface area contributed by atoms with Crippen molar-refractivity contribution >= 4 is 11.6 Å². The van der Waals surface area contributed by atoms with E-state index in [1.807, 2.05) is 0 Å². The Hall–Kier alpha value is -2.41. The Bertz CT molecular complexity index is 831. The van der Waals surface area contributed by atoms with Crippen LogP contribution in [0.25, 0.3) is 0 Å². The second-order valence-corrected chi connectivity index (χ2v) is 6.78. The lowest BCUT2D eigenvalue weighted by atomic mass is 9.98. The van der Waals surface area contributed by atoms with Gasteiger partial charge in [0.2, 0.25) is 5.91 Å². The van der Waals surface area contributed by atoms with Gasteiger partial charge in [-0.05, 0) is 54.3 Å². The van der Waals surface area contributed by atoms with Crippen molar-refractivity contribution in [3.05, 3.63) is 64.5 Å². The van der Waals surface area contributed by atoms with Crippen molar-refractivity contribution in [2.75, 3.05) is 11.9 Å². The molecule has 27 heavy (non-hydrogen) atoms. The topological polar surface area (TPSA) is 41.1 Å². The quantitative estimate of drug-likeness (QED) is 0.777. The maximum atomic E-state index is 14.6. The van der Waals surface area contributed by atoms with E-state index in [4.69, 9.17) is 0 Å². The zero-order valence-corrected chi connectivity index (χ0v) is 14.8. The van der Waals surface area contributed by atoms with Gasteiger partial charge in [0.25, 0.3) is 0 Å². The highest BCUT2D eigenvalue weighted by Gasteiger charge is 2.30. The lowest BCUT2D eigenvalue weighted by Gasteiger charge is -2.20. The summed E-state index contributed by atoms with van der Waals surface area (Å²) in [6, 6.07) is 8.05. The number of amides is 1. The van der Waals surface area contributed by atoms with Gasteiger partial charge in [-0.3, -0.25) is 4.79 Å². The summed E-state index contributed by atoms with van der Waals surface area (Å²) in [5, 5.41) is 5.76. The van der Waals surface area contributed by atoms with Crippen LogP contribution in [0.2, 0.25) is 0 Å². The highest BCUT2D eigenvalue weighted by atomic mass is 19.4. The smallest absolute Gasteiger partial charge is 0.323 e. The second-order valence-electron chi connectivity index (χ2n) is 6.78. The van der Waals surface area contributed by atoms with Gasteiger partial charge in [-0.25, -0.2) is 4.39 Å². The molecule has 1 aliphatic rings. The maximum absolute atomic E-state index is 14.6. The number of carbonyl (C=O) groups excluding carboxylic acids is 1. The van der Waals surface area contributed by atoms with Crippen molar-refractivity contribution in [2.45, 2.75) is 32.5 Å². The molecule has 7 heteroatoms. The summed E-state index contributed by atoms with van der Waals surface area (Å²) < 4.78 is 52.4. The van der Waals surface area contributed by atoms with Gasteiger partial charge in [-0.1, -0.05) is 25.1 Å². The van der Waals surface area contributed by atoms with Gasteiger partial charge in [0.05, 0.1) is 11.3 Å². The summed E-state index contributed by atoms with van der Waals surface area (Å²) >= 11 is 0. The zero-order valence-electron chi connectivity index (χ0n) is 14.8. The molecule has 0 saturated carbocycles. The molecule has 2 aromatic carbocycles. The zero-order chi connectivity index (χ0) is 19.6. The SMILES string of the molecule is CC(Cc1ccc(C(F)(F)F)cc1)C(=O)Nc1ccc2c(c1F)CCNC2. The van der Waals surface area contributed by atoms with E-state index in [0.717, 1.165) is 17.7 Å². The molecule has 1 unspecified atom stereocenters. The third-order valence-corrected chi connectivity index (χ3v) is 4.74. The highest BCUT2D eigenvalue weighted by Crippen LogP contribution is 2.29. The van der Waals surface area contributed by atoms with Crippen LogP contribution in [0.4, 0.5) is 23.2 Å². The van der Waals surface area contributed by atoms with Crippen molar-refractivity contribution in [1.29, 1.82) is 0 Å². The molecule has 0 spiro atoms. The van der Waals surface area contributed by atoms with Crippen molar-refractivity contribution in [3.63, 3.8) is 0 Å². The average molecular weight is 380 g/mol. The minimum Gasteiger partial charge on any atom is -0.323 e. The van der Waals surface area contributed by atoms with Gasteiger partial charge in [-0.15, -0.1) is 0 Å². The molecular weight excluding hydrogens is 360 g/mol. The van der Waals surface area contributed by atoms with Crippen LogP contribution in [-0.2, 0) is 30.4 Å². The van der Waals surface area contributed by atoms with Gasteiger partial charge in [-0.2, -0.15) is 13.2 Å². The summed E-state index contributed by atoms with van der Waals surface area (Å²) in [5.74, 6) is -1.30. The Morgan fingerprint density at radius 2 is 1.89 bits per heavy atom. The summed E-state index contributed by atoms with van der Waals surface area (Å²) in [5.41, 5.74) is 1.52. The number of anilines is 1.